The molecule has 1 unspecified atom stereocenters. The Morgan fingerprint density at radius 3 is 2.76 bits per heavy atom. The molecule has 2 rings (SSSR count). The average molecular weight is 242 g/mol. The van der Waals surface area contributed by atoms with E-state index in [4.69, 9.17) is 5.26 Å². The minimum atomic E-state index is 0.323. The first kappa shape index (κ1) is 11.7. The highest BCUT2D eigenvalue weighted by Crippen LogP contribution is 2.28. The Hall–Kier alpha value is -1.79. The fraction of sp³-hybridized carbons (Fsp3) is 0.214. The van der Waals surface area contributed by atoms with Crippen LogP contribution < -0.4 is 4.90 Å². The predicted molar refractivity (Wildman–Crippen MR) is 72.3 cm³/mol. The van der Waals surface area contributed by atoms with E-state index in [1.165, 1.54) is 4.88 Å². The van der Waals surface area contributed by atoms with Crippen LogP contribution in [0.5, 0.6) is 0 Å². The van der Waals surface area contributed by atoms with E-state index < -0.39 is 0 Å². The topological polar surface area (TPSA) is 27.0 Å². The third kappa shape index (κ3) is 2.48. The van der Waals surface area contributed by atoms with Gasteiger partial charge in [-0.05, 0) is 36.6 Å². The Labute approximate surface area is 106 Å². The summed E-state index contributed by atoms with van der Waals surface area (Å²) in [5.41, 5.74) is 1.78. The molecule has 0 radical (unpaired) electrons. The van der Waals surface area contributed by atoms with Gasteiger partial charge < -0.3 is 4.90 Å². The van der Waals surface area contributed by atoms with Gasteiger partial charge in [-0.3, -0.25) is 0 Å². The van der Waals surface area contributed by atoms with Crippen molar-refractivity contribution < 1.29 is 0 Å². The van der Waals surface area contributed by atoms with Crippen LogP contribution in [0.2, 0.25) is 0 Å². The molecule has 1 aromatic heterocycles. The van der Waals surface area contributed by atoms with E-state index in [0.29, 0.717) is 11.6 Å². The molecule has 0 saturated carbocycles. The molecule has 17 heavy (non-hydrogen) atoms. The maximum Gasteiger partial charge on any atom is 0.0992 e. The van der Waals surface area contributed by atoms with Gasteiger partial charge in [0.1, 0.15) is 0 Å². The fourth-order valence-corrected chi connectivity index (χ4v) is 2.56. The minimum absolute atomic E-state index is 0.323. The van der Waals surface area contributed by atoms with E-state index in [0.717, 1.165) is 5.69 Å². The highest BCUT2D eigenvalue weighted by Gasteiger charge is 2.13. The quantitative estimate of drug-likeness (QED) is 0.818. The van der Waals surface area contributed by atoms with Crippen LogP contribution in [-0.2, 0) is 0 Å². The van der Waals surface area contributed by atoms with E-state index in [9.17, 15) is 0 Å². The molecule has 2 nitrogen and oxygen atoms in total. The Kier molecular flexibility index (Phi) is 3.46. The summed E-state index contributed by atoms with van der Waals surface area (Å²) in [5.74, 6) is 0. The van der Waals surface area contributed by atoms with E-state index in [-0.39, 0.29) is 0 Å². The van der Waals surface area contributed by atoms with Crippen molar-refractivity contribution in [3.8, 4) is 6.07 Å². The van der Waals surface area contributed by atoms with Crippen molar-refractivity contribution >= 4 is 17.0 Å². The number of nitrogens with zero attached hydrogens (tertiary/aromatic N) is 2. The van der Waals surface area contributed by atoms with Crippen LogP contribution in [0.4, 0.5) is 5.69 Å². The van der Waals surface area contributed by atoms with Crippen LogP contribution in [0, 0.1) is 11.3 Å². The molecule has 2 aromatic rings. The molecular weight excluding hydrogens is 228 g/mol. The molecule has 86 valence electrons. The van der Waals surface area contributed by atoms with Gasteiger partial charge in [0.2, 0.25) is 0 Å². The Bertz CT molecular complexity index is 525. The molecule has 1 heterocycles. The summed E-state index contributed by atoms with van der Waals surface area (Å²) in [5, 5.41) is 11.0. The predicted octanol–water partition coefficient (Wildman–Crippen LogP) is 3.82. The lowest BCUT2D eigenvalue weighted by Gasteiger charge is -2.26. The molecule has 0 aliphatic rings. The Morgan fingerprint density at radius 1 is 1.29 bits per heavy atom. The first-order valence-corrected chi connectivity index (χ1v) is 6.36. The van der Waals surface area contributed by atoms with E-state index >= 15 is 0 Å². The van der Waals surface area contributed by atoms with Crippen LogP contribution >= 0.6 is 11.3 Å². The number of nitriles is 1. The molecule has 1 atom stereocenters. The van der Waals surface area contributed by atoms with Crippen molar-refractivity contribution in [2.24, 2.45) is 0 Å². The maximum absolute atomic E-state index is 8.90. The number of rotatable bonds is 3. The van der Waals surface area contributed by atoms with Crippen LogP contribution in [0.25, 0.3) is 0 Å². The second-order valence-corrected chi connectivity index (χ2v) is 4.94. The van der Waals surface area contributed by atoms with Crippen LogP contribution in [0.15, 0.2) is 41.8 Å². The first-order chi connectivity index (χ1) is 8.22. The molecule has 0 amide bonds. The van der Waals surface area contributed by atoms with E-state index in [2.05, 4.69) is 42.5 Å². The number of anilines is 1. The molecular formula is C14H14N2S. The molecule has 0 fully saturated rings. The van der Waals surface area contributed by atoms with Gasteiger partial charge in [-0.25, -0.2) is 0 Å². The zero-order valence-electron chi connectivity index (χ0n) is 9.92. The summed E-state index contributed by atoms with van der Waals surface area (Å²) in [6, 6.07) is 14.4. The van der Waals surface area contributed by atoms with Crippen molar-refractivity contribution in [1.29, 1.82) is 5.26 Å². The van der Waals surface area contributed by atoms with Crippen LogP contribution in [0.3, 0.4) is 0 Å². The smallest absolute Gasteiger partial charge is 0.0992 e. The van der Waals surface area contributed by atoms with Crippen LogP contribution in [-0.4, -0.2) is 7.05 Å². The maximum atomic E-state index is 8.90. The van der Waals surface area contributed by atoms with Crippen molar-refractivity contribution in [3.63, 3.8) is 0 Å². The third-order valence-electron chi connectivity index (χ3n) is 2.92. The summed E-state index contributed by atoms with van der Waals surface area (Å²) in [6.07, 6.45) is 0. The third-order valence-corrected chi connectivity index (χ3v) is 3.96. The number of hydrogen-bond acceptors (Lipinski definition) is 3. The van der Waals surface area contributed by atoms with Crippen molar-refractivity contribution in [2.75, 3.05) is 11.9 Å². The minimum Gasteiger partial charge on any atom is -0.367 e. The summed E-state index contributed by atoms with van der Waals surface area (Å²) < 4.78 is 0. The molecule has 0 aliphatic carbocycles. The zero-order chi connectivity index (χ0) is 12.3. The average Bonchev–Trinajstić information content (AvgIpc) is 2.91. The largest absolute Gasteiger partial charge is 0.367 e. The molecule has 3 heteroatoms. The molecule has 1 aromatic carbocycles. The van der Waals surface area contributed by atoms with E-state index in [1.54, 1.807) is 11.3 Å². The highest BCUT2D eigenvalue weighted by atomic mass is 32.1. The lowest BCUT2D eigenvalue weighted by atomic mass is 10.1. The Balaban J connectivity index is 2.25. The standard InChI is InChI=1S/C14H14N2S/c1-11(14-7-4-8-17-14)16(2)13-6-3-5-12(9-13)10-15/h3-9,11H,1-2H3. The number of benzene rings is 1. The first-order valence-electron chi connectivity index (χ1n) is 5.49. The molecule has 0 aliphatic heterocycles. The van der Waals surface area contributed by atoms with Gasteiger partial charge in [-0.1, -0.05) is 12.1 Å². The monoisotopic (exact) mass is 242 g/mol. The van der Waals surface area contributed by atoms with Gasteiger partial charge in [0.25, 0.3) is 0 Å². The van der Waals surface area contributed by atoms with Crippen molar-refractivity contribution in [1.82, 2.24) is 0 Å². The van der Waals surface area contributed by atoms with E-state index in [1.807, 2.05) is 24.3 Å². The molecule has 0 N–H and O–H groups in total. The van der Waals surface area contributed by atoms with Crippen molar-refractivity contribution in [3.05, 3.63) is 52.2 Å². The van der Waals surface area contributed by atoms with Gasteiger partial charge >= 0.3 is 0 Å². The van der Waals surface area contributed by atoms with Gasteiger partial charge in [0.15, 0.2) is 0 Å². The van der Waals surface area contributed by atoms with Gasteiger partial charge in [0.05, 0.1) is 17.7 Å². The fourth-order valence-electron chi connectivity index (χ4n) is 1.74. The van der Waals surface area contributed by atoms with Gasteiger partial charge in [-0.15, -0.1) is 11.3 Å². The lowest BCUT2D eigenvalue weighted by molar-refractivity contribution is 0.754. The van der Waals surface area contributed by atoms with Crippen LogP contribution in [0.1, 0.15) is 23.4 Å². The normalized spacial score (nSPS) is 11.8. The summed E-state index contributed by atoms with van der Waals surface area (Å²) in [4.78, 5) is 3.52. The zero-order valence-corrected chi connectivity index (χ0v) is 10.7. The number of thiophene rings is 1. The lowest BCUT2D eigenvalue weighted by Crippen LogP contribution is -2.20. The SMILES string of the molecule is CC(c1cccs1)N(C)c1cccc(C#N)c1. The molecule has 0 spiro atoms. The molecule has 0 saturated heterocycles. The second-order valence-electron chi connectivity index (χ2n) is 3.96. The second kappa shape index (κ2) is 5.03. The van der Waals surface area contributed by atoms with Crippen molar-refractivity contribution in [2.45, 2.75) is 13.0 Å². The highest BCUT2D eigenvalue weighted by molar-refractivity contribution is 7.10. The number of hydrogen-bond donors (Lipinski definition) is 0. The summed E-state index contributed by atoms with van der Waals surface area (Å²) >= 11 is 1.76. The summed E-state index contributed by atoms with van der Waals surface area (Å²) in [6.45, 7) is 2.17. The summed E-state index contributed by atoms with van der Waals surface area (Å²) in [7, 11) is 2.06. The molecule has 0 bridgehead atoms. The van der Waals surface area contributed by atoms with Gasteiger partial charge in [-0.2, -0.15) is 5.26 Å². The van der Waals surface area contributed by atoms with Gasteiger partial charge in [0, 0.05) is 17.6 Å². The Morgan fingerprint density at radius 2 is 2.12 bits per heavy atom.